The van der Waals surface area contributed by atoms with Crippen molar-refractivity contribution in [2.75, 3.05) is 16.8 Å². The SMILES string of the molecule is Cn1ccnc1SCC(=O)Nc1ccc(N)cc1. The van der Waals surface area contributed by atoms with Crippen LogP contribution in [0.1, 0.15) is 0 Å². The molecule has 2 rings (SSSR count). The number of hydrogen-bond acceptors (Lipinski definition) is 4. The molecule has 1 heterocycles. The van der Waals surface area contributed by atoms with Gasteiger partial charge >= 0.3 is 0 Å². The molecular weight excluding hydrogens is 248 g/mol. The van der Waals surface area contributed by atoms with Gasteiger partial charge in [-0.05, 0) is 24.3 Å². The van der Waals surface area contributed by atoms with Crippen LogP contribution in [0.5, 0.6) is 0 Å². The molecular formula is C12H14N4OS. The maximum Gasteiger partial charge on any atom is 0.234 e. The smallest absolute Gasteiger partial charge is 0.234 e. The molecule has 0 atom stereocenters. The van der Waals surface area contributed by atoms with Crippen molar-refractivity contribution in [3.63, 3.8) is 0 Å². The van der Waals surface area contributed by atoms with E-state index < -0.39 is 0 Å². The lowest BCUT2D eigenvalue weighted by Crippen LogP contribution is -2.14. The molecule has 1 aromatic heterocycles. The summed E-state index contributed by atoms with van der Waals surface area (Å²) in [6.07, 6.45) is 3.56. The van der Waals surface area contributed by atoms with E-state index in [0.717, 1.165) is 10.8 Å². The van der Waals surface area contributed by atoms with E-state index in [9.17, 15) is 4.79 Å². The van der Waals surface area contributed by atoms with Gasteiger partial charge in [-0.3, -0.25) is 4.79 Å². The normalized spacial score (nSPS) is 10.3. The predicted molar refractivity (Wildman–Crippen MR) is 73.4 cm³/mol. The molecule has 0 spiro atoms. The molecule has 0 aliphatic carbocycles. The first-order chi connectivity index (χ1) is 8.65. The van der Waals surface area contributed by atoms with Crippen LogP contribution in [0.15, 0.2) is 41.8 Å². The number of nitrogen functional groups attached to an aromatic ring is 1. The highest BCUT2D eigenvalue weighted by molar-refractivity contribution is 7.99. The summed E-state index contributed by atoms with van der Waals surface area (Å²) in [4.78, 5) is 15.8. The molecule has 1 aromatic carbocycles. The number of carbonyl (C=O) groups excluding carboxylic acids is 1. The standard InChI is InChI=1S/C12H14N4OS/c1-16-7-6-14-12(16)18-8-11(17)15-10-4-2-9(13)3-5-10/h2-7H,8,13H2,1H3,(H,15,17). The van der Waals surface area contributed by atoms with Gasteiger partial charge < -0.3 is 15.6 Å². The van der Waals surface area contributed by atoms with Crippen LogP contribution in [0.4, 0.5) is 11.4 Å². The van der Waals surface area contributed by atoms with Gasteiger partial charge in [0.15, 0.2) is 5.16 Å². The number of carbonyl (C=O) groups is 1. The molecule has 18 heavy (non-hydrogen) atoms. The quantitative estimate of drug-likeness (QED) is 0.650. The van der Waals surface area contributed by atoms with E-state index >= 15 is 0 Å². The van der Waals surface area contributed by atoms with E-state index in [2.05, 4.69) is 10.3 Å². The fourth-order valence-electron chi connectivity index (χ4n) is 1.38. The minimum atomic E-state index is -0.0622. The van der Waals surface area contributed by atoms with Crippen LogP contribution in [0.25, 0.3) is 0 Å². The topological polar surface area (TPSA) is 72.9 Å². The number of aromatic nitrogens is 2. The van der Waals surface area contributed by atoms with Crippen molar-refractivity contribution in [3.8, 4) is 0 Å². The number of anilines is 2. The van der Waals surface area contributed by atoms with Gasteiger partial charge in [0.2, 0.25) is 5.91 Å². The van der Waals surface area contributed by atoms with E-state index in [-0.39, 0.29) is 5.91 Å². The molecule has 0 fully saturated rings. The Labute approximate surface area is 109 Å². The molecule has 2 aromatic rings. The molecule has 1 amide bonds. The number of aryl methyl sites for hydroxylation is 1. The largest absolute Gasteiger partial charge is 0.399 e. The summed E-state index contributed by atoms with van der Waals surface area (Å²) < 4.78 is 1.88. The third-order valence-electron chi connectivity index (χ3n) is 2.30. The monoisotopic (exact) mass is 262 g/mol. The minimum absolute atomic E-state index is 0.0622. The Kier molecular flexibility index (Phi) is 3.88. The number of rotatable bonds is 4. The maximum atomic E-state index is 11.7. The second kappa shape index (κ2) is 5.59. The Morgan fingerprint density at radius 3 is 2.78 bits per heavy atom. The van der Waals surface area contributed by atoms with Crippen LogP contribution in [0.3, 0.4) is 0 Å². The molecule has 0 aliphatic heterocycles. The summed E-state index contributed by atoms with van der Waals surface area (Å²) in [6, 6.07) is 7.06. The molecule has 0 saturated carbocycles. The average Bonchev–Trinajstić information content (AvgIpc) is 2.75. The molecule has 0 bridgehead atoms. The van der Waals surface area contributed by atoms with Gasteiger partial charge in [0.05, 0.1) is 5.75 Å². The maximum absolute atomic E-state index is 11.7. The van der Waals surface area contributed by atoms with Gasteiger partial charge in [0.25, 0.3) is 0 Å². The molecule has 6 heteroatoms. The number of imidazole rings is 1. The first-order valence-corrected chi connectivity index (χ1v) is 6.39. The fourth-order valence-corrected chi connectivity index (χ4v) is 2.12. The Morgan fingerprint density at radius 1 is 1.44 bits per heavy atom. The number of nitrogens with two attached hydrogens (primary N) is 1. The zero-order valence-corrected chi connectivity index (χ0v) is 10.8. The molecule has 0 radical (unpaired) electrons. The summed E-state index contributed by atoms with van der Waals surface area (Å²) in [7, 11) is 1.90. The van der Waals surface area contributed by atoms with Crippen LogP contribution in [0.2, 0.25) is 0 Å². The van der Waals surface area contributed by atoms with Crippen molar-refractivity contribution in [1.29, 1.82) is 0 Å². The zero-order valence-electron chi connectivity index (χ0n) is 9.96. The third-order valence-corrected chi connectivity index (χ3v) is 3.36. The lowest BCUT2D eigenvalue weighted by atomic mass is 10.3. The van der Waals surface area contributed by atoms with Crippen molar-refractivity contribution >= 4 is 29.0 Å². The van der Waals surface area contributed by atoms with Gasteiger partial charge in [0.1, 0.15) is 0 Å². The summed E-state index contributed by atoms with van der Waals surface area (Å²) >= 11 is 1.40. The fraction of sp³-hybridized carbons (Fsp3) is 0.167. The lowest BCUT2D eigenvalue weighted by Gasteiger charge is -2.05. The zero-order chi connectivity index (χ0) is 13.0. The number of hydrogen-bond donors (Lipinski definition) is 2. The second-order valence-electron chi connectivity index (χ2n) is 3.78. The van der Waals surface area contributed by atoms with E-state index in [0.29, 0.717) is 11.4 Å². The van der Waals surface area contributed by atoms with Crippen LogP contribution >= 0.6 is 11.8 Å². The third kappa shape index (κ3) is 3.27. The van der Waals surface area contributed by atoms with Gasteiger partial charge in [0, 0.05) is 30.8 Å². The van der Waals surface area contributed by atoms with Gasteiger partial charge in [-0.15, -0.1) is 0 Å². The van der Waals surface area contributed by atoms with Crippen molar-refractivity contribution in [1.82, 2.24) is 9.55 Å². The second-order valence-corrected chi connectivity index (χ2v) is 4.72. The van der Waals surface area contributed by atoms with Crippen molar-refractivity contribution in [3.05, 3.63) is 36.7 Å². The Balaban J connectivity index is 1.86. The Bertz CT molecular complexity index is 535. The van der Waals surface area contributed by atoms with E-state index in [1.807, 2.05) is 17.8 Å². The number of nitrogens with zero attached hydrogens (tertiary/aromatic N) is 2. The van der Waals surface area contributed by atoms with Crippen LogP contribution in [-0.2, 0) is 11.8 Å². The highest BCUT2D eigenvalue weighted by Crippen LogP contribution is 2.15. The van der Waals surface area contributed by atoms with Crippen LogP contribution in [-0.4, -0.2) is 21.2 Å². The summed E-state index contributed by atoms with van der Waals surface area (Å²) in [5, 5.41) is 3.62. The number of benzene rings is 1. The number of amides is 1. The molecule has 0 aliphatic rings. The van der Waals surface area contributed by atoms with E-state index in [1.165, 1.54) is 11.8 Å². The predicted octanol–water partition coefficient (Wildman–Crippen LogP) is 1.73. The highest BCUT2D eigenvalue weighted by Gasteiger charge is 2.06. The van der Waals surface area contributed by atoms with Gasteiger partial charge in [-0.2, -0.15) is 0 Å². The first-order valence-electron chi connectivity index (χ1n) is 5.40. The number of nitrogens with one attached hydrogen (secondary N) is 1. The van der Waals surface area contributed by atoms with Crippen molar-refractivity contribution < 1.29 is 4.79 Å². The van der Waals surface area contributed by atoms with Crippen LogP contribution in [0, 0.1) is 0 Å². The van der Waals surface area contributed by atoms with Crippen LogP contribution < -0.4 is 11.1 Å². The van der Waals surface area contributed by atoms with Crippen molar-refractivity contribution in [2.45, 2.75) is 5.16 Å². The molecule has 0 unspecified atom stereocenters. The van der Waals surface area contributed by atoms with E-state index in [4.69, 9.17) is 5.73 Å². The summed E-state index contributed by atoms with van der Waals surface area (Å²) in [6.45, 7) is 0. The lowest BCUT2D eigenvalue weighted by molar-refractivity contribution is -0.113. The van der Waals surface area contributed by atoms with Crippen molar-refractivity contribution in [2.24, 2.45) is 7.05 Å². The molecule has 5 nitrogen and oxygen atoms in total. The van der Waals surface area contributed by atoms with Gasteiger partial charge in [-0.1, -0.05) is 11.8 Å². The summed E-state index contributed by atoms with van der Waals surface area (Å²) in [5.74, 6) is 0.266. The highest BCUT2D eigenvalue weighted by atomic mass is 32.2. The van der Waals surface area contributed by atoms with E-state index in [1.54, 1.807) is 30.5 Å². The summed E-state index contributed by atoms with van der Waals surface area (Å²) in [5.41, 5.74) is 6.99. The molecule has 94 valence electrons. The minimum Gasteiger partial charge on any atom is -0.399 e. The Hall–Kier alpha value is -1.95. The average molecular weight is 262 g/mol. The first kappa shape index (κ1) is 12.5. The van der Waals surface area contributed by atoms with Gasteiger partial charge in [-0.25, -0.2) is 4.98 Å². The molecule has 3 N–H and O–H groups in total. The molecule has 0 saturated heterocycles. The Morgan fingerprint density at radius 2 is 2.17 bits per heavy atom. The number of thioether (sulfide) groups is 1.